The number of carbonyl (C=O) groups excluding carboxylic acids is 1. The molecule has 0 aliphatic rings. The summed E-state index contributed by atoms with van der Waals surface area (Å²) >= 11 is 0. The molecular formula is C15H20O2. The van der Waals surface area contributed by atoms with Crippen molar-refractivity contribution in [1.29, 1.82) is 0 Å². The second kappa shape index (κ2) is 7.66. The molecule has 0 aliphatic heterocycles. The van der Waals surface area contributed by atoms with Crippen LogP contribution in [0.15, 0.2) is 43.0 Å². The van der Waals surface area contributed by atoms with Crippen molar-refractivity contribution in [1.82, 2.24) is 0 Å². The minimum Gasteiger partial charge on any atom is -0.461 e. The average Bonchev–Trinajstić information content (AvgIpc) is 2.37. The van der Waals surface area contributed by atoms with Crippen molar-refractivity contribution >= 4 is 5.97 Å². The summed E-state index contributed by atoms with van der Waals surface area (Å²) in [5.41, 5.74) is 1.32. The molecule has 2 nitrogen and oxygen atoms in total. The van der Waals surface area contributed by atoms with Crippen molar-refractivity contribution in [2.75, 3.05) is 6.61 Å². The van der Waals surface area contributed by atoms with Gasteiger partial charge in [0, 0.05) is 0 Å². The summed E-state index contributed by atoms with van der Waals surface area (Å²) < 4.78 is 5.00. The zero-order chi connectivity index (χ0) is 12.5. The highest BCUT2D eigenvalue weighted by atomic mass is 16.5. The molecule has 0 radical (unpaired) electrons. The summed E-state index contributed by atoms with van der Waals surface area (Å²) in [6, 6.07) is 10.3. The van der Waals surface area contributed by atoms with Gasteiger partial charge in [0.05, 0.1) is 5.92 Å². The van der Waals surface area contributed by atoms with E-state index in [0.717, 1.165) is 19.3 Å². The summed E-state index contributed by atoms with van der Waals surface area (Å²) in [5, 5.41) is 0. The van der Waals surface area contributed by atoms with Gasteiger partial charge in [0.2, 0.25) is 0 Å². The van der Waals surface area contributed by atoms with Crippen LogP contribution in [0, 0.1) is 5.92 Å². The first-order valence-corrected chi connectivity index (χ1v) is 6.05. The first-order chi connectivity index (χ1) is 8.24. The minimum atomic E-state index is -0.127. The van der Waals surface area contributed by atoms with Crippen LogP contribution in [0.1, 0.15) is 25.3 Å². The van der Waals surface area contributed by atoms with Crippen molar-refractivity contribution in [2.24, 2.45) is 5.92 Å². The summed E-state index contributed by atoms with van der Waals surface area (Å²) in [5.74, 6) is -0.156. The maximum absolute atomic E-state index is 11.5. The maximum atomic E-state index is 11.5. The Balaban J connectivity index is 2.22. The molecule has 0 N–H and O–H groups in total. The third kappa shape index (κ3) is 5.34. The number of ether oxygens (including phenoxy) is 1. The van der Waals surface area contributed by atoms with Crippen LogP contribution in [0.3, 0.4) is 0 Å². The summed E-state index contributed by atoms with van der Waals surface area (Å²) in [4.78, 5) is 11.5. The van der Waals surface area contributed by atoms with E-state index in [1.165, 1.54) is 5.56 Å². The predicted octanol–water partition coefficient (Wildman–Crippen LogP) is 3.37. The van der Waals surface area contributed by atoms with Crippen molar-refractivity contribution < 1.29 is 9.53 Å². The van der Waals surface area contributed by atoms with E-state index in [4.69, 9.17) is 4.74 Å². The fourth-order valence-corrected chi connectivity index (χ4v) is 1.66. The Labute approximate surface area is 103 Å². The Morgan fingerprint density at radius 2 is 2.12 bits per heavy atom. The van der Waals surface area contributed by atoms with Crippen molar-refractivity contribution in [3.8, 4) is 0 Å². The lowest BCUT2D eigenvalue weighted by Crippen LogP contribution is -2.15. The fourth-order valence-electron chi connectivity index (χ4n) is 1.66. The Morgan fingerprint density at radius 1 is 1.41 bits per heavy atom. The molecule has 0 aliphatic carbocycles. The molecule has 2 heteroatoms. The molecule has 1 rings (SSSR count). The molecule has 1 aromatic carbocycles. The molecule has 1 unspecified atom stereocenters. The highest BCUT2D eigenvalue weighted by Gasteiger charge is 2.13. The van der Waals surface area contributed by atoms with Crippen molar-refractivity contribution in [2.45, 2.75) is 26.2 Å². The molecule has 0 saturated carbocycles. The molecule has 0 heterocycles. The minimum absolute atomic E-state index is 0.0290. The van der Waals surface area contributed by atoms with E-state index in [0.29, 0.717) is 6.61 Å². The molecule has 0 amide bonds. The molecule has 92 valence electrons. The number of esters is 1. The number of hydrogen-bond donors (Lipinski definition) is 0. The summed E-state index contributed by atoms with van der Waals surface area (Å²) in [6.45, 7) is 5.74. The normalized spacial score (nSPS) is 11.8. The number of benzene rings is 1. The van der Waals surface area contributed by atoms with Gasteiger partial charge in [-0.3, -0.25) is 4.79 Å². The molecule has 0 spiro atoms. The van der Waals surface area contributed by atoms with E-state index in [-0.39, 0.29) is 11.9 Å². The van der Waals surface area contributed by atoms with Gasteiger partial charge < -0.3 is 4.74 Å². The second-order valence-corrected chi connectivity index (χ2v) is 4.20. The van der Waals surface area contributed by atoms with Gasteiger partial charge in [-0.2, -0.15) is 0 Å². The quantitative estimate of drug-likeness (QED) is 0.532. The van der Waals surface area contributed by atoms with Crippen LogP contribution in [0.5, 0.6) is 0 Å². The number of carbonyl (C=O) groups is 1. The van der Waals surface area contributed by atoms with E-state index in [2.05, 4.69) is 18.7 Å². The lowest BCUT2D eigenvalue weighted by atomic mass is 10.0. The first kappa shape index (κ1) is 13.5. The molecule has 0 bridgehead atoms. The average molecular weight is 232 g/mol. The fraction of sp³-hybridized carbons (Fsp3) is 0.400. The number of hydrogen-bond acceptors (Lipinski definition) is 2. The third-order valence-corrected chi connectivity index (χ3v) is 2.69. The van der Waals surface area contributed by atoms with Crippen LogP contribution < -0.4 is 0 Å². The van der Waals surface area contributed by atoms with E-state index < -0.39 is 0 Å². The smallest absolute Gasteiger partial charge is 0.308 e. The Kier molecular flexibility index (Phi) is 6.08. The van der Waals surface area contributed by atoms with Gasteiger partial charge in [-0.05, 0) is 24.8 Å². The van der Waals surface area contributed by atoms with Crippen molar-refractivity contribution in [3.63, 3.8) is 0 Å². The molecule has 1 atom stereocenters. The van der Waals surface area contributed by atoms with Crippen LogP contribution in [0.2, 0.25) is 0 Å². The van der Waals surface area contributed by atoms with Crippen LogP contribution in [-0.2, 0) is 16.0 Å². The Morgan fingerprint density at radius 3 is 2.76 bits per heavy atom. The van der Waals surface area contributed by atoms with Crippen LogP contribution >= 0.6 is 0 Å². The molecule has 0 aromatic heterocycles. The highest BCUT2D eigenvalue weighted by Crippen LogP contribution is 2.11. The molecule has 17 heavy (non-hydrogen) atoms. The first-order valence-electron chi connectivity index (χ1n) is 6.05. The second-order valence-electron chi connectivity index (χ2n) is 4.20. The zero-order valence-corrected chi connectivity index (χ0v) is 10.4. The van der Waals surface area contributed by atoms with Crippen LogP contribution in [0.25, 0.3) is 0 Å². The predicted molar refractivity (Wildman–Crippen MR) is 69.7 cm³/mol. The van der Waals surface area contributed by atoms with Gasteiger partial charge in [0.25, 0.3) is 0 Å². The molecule has 0 fully saturated rings. The van der Waals surface area contributed by atoms with Crippen molar-refractivity contribution in [3.05, 3.63) is 48.6 Å². The summed E-state index contributed by atoms with van der Waals surface area (Å²) in [7, 11) is 0. The number of rotatable bonds is 7. The molecular weight excluding hydrogens is 212 g/mol. The van der Waals surface area contributed by atoms with E-state index in [1.54, 1.807) is 6.08 Å². The topological polar surface area (TPSA) is 26.3 Å². The van der Waals surface area contributed by atoms with E-state index >= 15 is 0 Å². The van der Waals surface area contributed by atoms with Gasteiger partial charge >= 0.3 is 5.97 Å². The third-order valence-electron chi connectivity index (χ3n) is 2.69. The number of aryl methyl sites for hydroxylation is 1. The van der Waals surface area contributed by atoms with Crippen LogP contribution in [0.4, 0.5) is 0 Å². The SMILES string of the molecule is C=CCOC(=O)C(C)CCCc1ccccc1. The Hall–Kier alpha value is -1.57. The van der Waals surface area contributed by atoms with E-state index in [9.17, 15) is 4.79 Å². The maximum Gasteiger partial charge on any atom is 0.308 e. The van der Waals surface area contributed by atoms with Crippen LogP contribution in [-0.4, -0.2) is 12.6 Å². The molecule has 0 saturated heterocycles. The zero-order valence-electron chi connectivity index (χ0n) is 10.4. The standard InChI is InChI=1S/C15H20O2/c1-3-12-17-15(16)13(2)8-7-11-14-9-5-4-6-10-14/h3-6,9-10,13H,1,7-8,11-12H2,2H3. The lowest BCUT2D eigenvalue weighted by Gasteiger charge is -2.10. The summed E-state index contributed by atoms with van der Waals surface area (Å²) in [6.07, 6.45) is 4.48. The lowest BCUT2D eigenvalue weighted by molar-refractivity contribution is -0.146. The van der Waals surface area contributed by atoms with Gasteiger partial charge in [0.15, 0.2) is 0 Å². The highest BCUT2D eigenvalue weighted by molar-refractivity contribution is 5.71. The molecule has 1 aromatic rings. The van der Waals surface area contributed by atoms with Gasteiger partial charge in [-0.25, -0.2) is 0 Å². The largest absolute Gasteiger partial charge is 0.461 e. The van der Waals surface area contributed by atoms with E-state index in [1.807, 2.05) is 25.1 Å². The Bertz CT molecular complexity index is 343. The van der Waals surface area contributed by atoms with Gasteiger partial charge in [0.1, 0.15) is 6.61 Å². The monoisotopic (exact) mass is 232 g/mol. The van der Waals surface area contributed by atoms with Gasteiger partial charge in [-0.15, -0.1) is 0 Å². The van der Waals surface area contributed by atoms with Gasteiger partial charge in [-0.1, -0.05) is 49.9 Å².